The molecular weight excluding hydrogens is 540 g/mol. The van der Waals surface area contributed by atoms with Crippen molar-refractivity contribution < 1.29 is 28.9 Å². The molecule has 6 nitrogen and oxygen atoms in total. The summed E-state index contributed by atoms with van der Waals surface area (Å²) in [5.74, 6) is -0.337. The molecule has 0 unspecified atom stereocenters. The molecule has 0 heterocycles. The van der Waals surface area contributed by atoms with Crippen LogP contribution in [0.4, 0.5) is 0 Å². The summed E-state index contributed by atoms with van der Waals surface area (Å²) in [7, 11) is 0. The van der Waals surface area contributed by atoms with Crippen LogP contribution in [-0.4, -0.2) is 41.5 Å². The second kappa shape index (κ2) is 15.0. The fourth-order valence-electron chi connectivity index (χ4n) is 3.92. The number of carbonyl (C=O) groups is 2. The number of hydrogen-bond donors (Lipinski definition) is 1. The van der Waals surface area contributed by atoms with Crippen LogP contribution in [0.15, 0.2) is 72.8 Å². The van der Waals surface area contributed by atoms with Gasteiger partial charge in [0.25, 0.3) is 0 Å². The highest BCUT2D eigenvalue weighted by Gasteiger charge is 2.30. The Bertz CT molecular complexity index is 1250. The van der Waals surface area contributed by atoms with Gasteiger partial charge in [-0.05, 0) is 83.6 Å². The maximum atomic E-state index is 11.9. The highest BCUT2D eigenvalue weighted by atomic mass is 16.6. The van der Waals surface area contributed by atoms with E-state index in [0.717, 1.165) is 5.56 Å². The average molecular weight is 595 g/mol. The first-order valence-electron chi connectivity index (χ1n) is 14.8. The van der Waals surface area contributed by atoms with Gasteiger partial charge in [-0.3, -0.25) is 0 Å². The van der Waals surface area contributed by atoms with Gasteiger partial charge in [0.05, 0.1) is 18.8 Å². The largest absolute Gasteiger partial charge is 0.454 e. The monoisotopic (exact) mass is 594 g/mol. The summed E-state index contributed by atoms with van der Waals surface area (Å²) in [6, 6.07) is 17.6. The summed E-state index contributed by atoms with van der Waals surface area (Å²) in [5.41, 5.74) is 3.54. The van der Waals surface area contributed by atoms with Crippen molar-refractivity contribution in [3.63, 3.8) is 0 Å². The lowest BCUT2D eigenvalue weighted by molar-refractivity contribution is -0.164. The van der Waals surface area contributed by atoms with Gasteiger partial charge in [0, 0.05) is 16.6 Å². The van der Waals surface area contributed by atoms with E-state index in [1.165, 1.54) is 16.7 Å². The smallest absolute Gasteiger partial charge is 0.333 e. The third-order valence-corrected chi connectivity index (χ3v) is 7.20. The quantitative estimate of drug-likeness (QED) is 0.197. The van der Waals surface area contributed by atoms with E-state index >= 15 is 0 Å². The molecule has 0 atom stereocenters. The fourth-order valence-corrected chi connectivity index (χ4v) is 3.92. The molecule has 1 N–H and O–H groups in total. The van der Waals surface area contributed by atoms with E-state index in [1.54, 1.807) is 27.7 Å². The Balaban J connectivity index is 0.000000712. The molecule has 0 aliphatic heterocycles. The van der Waals surface area contributed by atoms with Gasteiger partial charge in [0.2, 0.25) is 0 Å². The van der Waals surface area contributed by atoms with Crippen molar-refractivity contribution in [1.29, 1.82) is 0 Å². The molecule has 238 valence electrons. The predicted octanol–water partition coefficient (Wildman–Crippen LogP) is 8.16. The molecule has 0 aliphatic carbocycles. The van der Waals surface area contributed by atoms with Crippen molar-refractivity contribution in [3.05, 3.63) is 95.1 Å². The van der Waals surface area contributed by atoms with Gasteiger partial charge in [-0.2, -0.15) is 0 Å². The topological polar surface area (TPSA) is 82.1 Å². The number of ether oxygens (including phenoxy) is 3. The van der Waals surface area contributed by atoms with Crippen molar-refractivity contribution in [1.82, 2.24) is 0 Å². The summed E-state index contributed by atoms with van der Waals surface area (Å²) < 4.78 is 16.6. The number of carbonyl (C=O) groups excluding carboxylic acids is 2. The lowest BCUT2D eigenvalue weighted by atomic mass is 9.77. The van der Waals surface area contributed by atoms with E-state index in [1.807, 2.05) is 27.7 Å². The van der Waals surface area contributed by atoms with Crippen LogP contribution in [0.1, 0.15) is 111 Å². The van der Waals surface area contributed by atoms with Gasteiger partial charge in [0.1, 0.15) is 11.2 Å². The van der Waals surface area contributed by atoms with Crippen LogP contribution < -0.4 is 0 Å². The fraction of sp³-hybridized carbons (Fsp3) is 0.514. The number of benzene rings is 2. The first kappa shape index (κ1) is 37.8. The second-order valence-corrected chi connectivity index (χ2v) is 13.8. The Morgan fingerprint density at radius 3 is 1.44 bits per heavy atom. The number of esters is 2. The van der Waals surface area contributed by atoms with Gasteiger partial charge >= 0.3 is 11.9 Å². The minimum atomic E-state index is -0.809. The molecule has 0 saturated heterocycles. The molecule has 0 amide bonds. The molecule has 0 aromatic heterocycles. The highest BCUT2D eigenvalue weighted by Crippen LogP contribution is 2.34. The van der Waals surface area contributed by atoms with Crippen LogP contribution in [-0.2, 0) is 34.8 Å². The molecular formula is C37H54O6. The predicted molar refractivity (Wildman–Crippen MR) is 175 cm³/mol. The zero-order chi connectivity index (χ0) is 33.4. The van der Waals surface area contributed by atoms with Crippen LogP contribution >= 0.6 is 0 Å². The van der Waals surface area contributed by atoms with Gasteiger partial charge in [0.15, 0.2) is 0 Å². The molecule has 0 aliphatic rings. The van der Waals surface area contributed by atoms with Crippen LogP contribution in [0.5, 0.6) is 0 Å². The molecule has 0 spiro atoms. The third-order valence-electron chi connectivity index (χ3n) is 7.20. The lowest BCUT2D eigenvalue weighted by Crippen LogP contribution is -2.37. The second-order valence-electron chi connectivity index (χ2n) is 13.8. The van der Waals surface area contributed by atoms with Crippen molar-refractivity contribution in [2.24, 2.45) is 0 Å². The first-order chi connectivity index (χ1) is 19.5. The van der Waals surface area contributed by atoms with Crippen molar-refractivity contribution >= 4 is 11.9 Å². The molecule has 2 rings (SSSR count). The Morgan fingerprint density at radius 2 is 1.07 bits per heavy atom. The van der Waals surface area contributed by atoms with E-state index in [9.17, 15) is 9.59 Å². The number of aliphatic hydroxyl groups excluding tert-OH is 1. The first-order valence-corrected chi connectivity index (χ1v) is 14.8. The maximum Gasteiger partial charge on any atom is 0.333 e. The zero-order valence-corrected chi connectivity index (χ0v) is 28.5. The zero-order valence-electron chi connectivity index (χ0n) is 28.5. The van der Waals surface area contributed by atoms with Crippen molar-refractivity contribution in [2.75, 3.05) is 13.2 Å². The van der Waals surface area contributed by atoms with Crippen LogP contribution in [0.3, 0.4) is 0 Å². The van der Waals surface area contributed by atoms with Gasteiger partial charge in [-0.15, -0.1) is 0 Å². The summed E-state index contributed by atoms with van der Waals surface area (Å²) in [6.45, 7) is 30.3. The maximum absolute atomic E-state index is 11.9. The van der Waals surface area contributed by atoms with E-state index in [-0.39, 0.29) is 18.6 Å². The van der Waals surface area contributed by atoms with Gasteiger partial charge < -0.3 is 19.3 Å². The van der Waals surface area contributed by atoms with Crippen LogP contribution in [0, 0.1) is 0 Å². The molecule has 0 bridgehead atoms. The molecule has 6 heteroatoms. The van der Waals surface area contributed by atoms with Crippen molar-refractivity contribution in [3.8, 4) is 0 Å². The van der Waals surface area contributed by atoms with Gasteiger partial charge in [-0.1, -0.05) is 89.4 Å². The minimum Gasteiger partial charge on any atom is -0.454 e. The lowest BCUT2D eigenvalue weighted by Gasteiger charge is -2.33. The third kappa shape index (κ3) is 11.8. The number of aliphatic hydroxyl groups is 1. The molecule has 43 heavy (non-hydrogen) atoms. The average Bonchev–Trinajstić information content (AvgIpc) is 2.92. The minimum absolute atomic E-state index is 0.0994. The highest BCUT2D eigenvalue weighted by molar-refractivity contribution is 5.87. The molecule has 0 fully saturated rings. The molecule has 0 saturated carbocycles. The Morgan fingerprint density at radius 1 is 0.698 bits per heavy atom. The molecule has 2 aromatic carbocycles. The normalized spacial score (nSPS) is 12.2. The number of hydrogen-bond acceptors (Lipinski definition) is 6. The van der Waals surface area contributed by atoms with Crippen LogP contribution in [0.25, 0.3) is 0 Å². The summed E-state index contributed by atoms with van der Waals surface area (Å²) in [6.07, 6.45) is 0. The molecule has 0 radical (unpaired) electrons. The van der Waals surface area contributed by atoms with E-state index in [2.05, 4.69) is 89.4 Å². The number of rotatable bonds is 12. The summed E-state index contributed by atoms with van der Waals surface area (Å²) in [5, 5.41) is 8.72. The van der Waals surface area contributed by atoms with E-state index in [4.69, 9.17) is 19.3 Å². The molecule has 2 aromatic rings. The SMILES string of the molecule is C=C(C)C(=O)OC(C)(C)CO.C=C(C)C(=O)OC(C)(C)COC(C)(C)c1ccc(C(C)(C)c2ccc(C(C)C)cc2)cc1. The Kier molecular flexibility index (Phi) is 13.2. The van der Waals surface area contributed by atoms with E-state index < -0.39 is 28.7 Å². The van der Waals surface area contributed by atoms with Gasteiger partial charge in [-0.25, -0.2) is 9.59 Å². The standard InChI is InChI=1S/C29H40O3.C8H14O3/c1-20(2)22-11-13-23(14-12-22)28(7,8)24-15-17-25(18-16-24)29(9,10)31-19-27(5,6)32-26(30)21(3)4;1-6(2)7(10)11-8(3,4)5-9/h11-18,20H,3,19H2,1-2,4-10H3;9H,1,5H2,2-4H3. The van der Waals surface area contributed by atoms with Crippen LogP contribution in [0.2, 0.25) is 0 Å². The van der Waals surface area contributed by atoms with E-state index in [0.29, 0.717) is 17.1 Å². The van der Waals surface area contributed by atoms with Crippen molar-refractivity contribution in [2.45, 2.75) is 111 Å². The summed E-state index contributed by atoms with van der Waals surface area (Å²) >= 11 is 0. The summed E-state index contributed by atoms with van der Waals surface area (Å²) in [4.78, 5) is 22.8. The Hall–Kier alpha value is -3.22. The Labute approximate surface area is 260 Å².